The molecule has 102 valence electrons. The average Bonchev–Trinajstić information content (AvgIpc) is 2.39. The number of carboxylic acids is 1. The highest BCUT2D eigenvalue weighted by Crippen LogP contribution is 2.25. The van der Waals surface area contributed by atoms with E-state index < -0.39 is 5.97 Å². The maximum Gasteiger partial charge on any atom is 0.339 e. The Bertz CT molecular complexity index is 482. The molecule has 6 heteroatoms. The first kappa shape index (κ1) is 13.3. The molecule has 0 saturated carbocycles. The van der Waals surface area contributed by atoms with E-state index in [4.69, 9.17) is 10.8 Å². The summed E-state index contributed by atoms with van der Waals surface area (Å²) >= 11 is 0. The second-order valence-electron chi connectivity index (χ2n) is 4.78. The number of amides is 1. The number of hydrogen-bond acceptors (Lipinski definition) is 4. The molecule has 0 radical (unpaired) electrons. The van der Waals surface area contributed by atoms with Gasteiger partial charge in [0.05, 0.1) is 0 Å². The SMILES string of the molecule is NC(=O)CC1CCN(c2ncccc2C(=O)O)CC1. The lowest BCUT2D eigenvalue weighted by Crippen LogP contribution is -2.36. The van der Waals surface area contributed by atoms with Crippen LogP contribution in [0.1, 0.15) is 29.6 Å². The van der Waals surface area contributed by atoms with Crippen LogP contribution in [0.25, 0.3) is 0 Å². The van der Waals surface area contributed by atoms with Gasteiger partial charge in [0, 0.05) is 25.7 Å². The molecule has 0 atom stereocenters. The van der Waals surface area contributed by atoms with Gasteiger partial charge in [-0.1, -0.05) is 0 Å². The van der Waals surface area contributed by atoms with Crippen LogP contribution in [0.15, 0.2) is 18.3 Å². The molecule has 1 aliphatic rings. The van der Waals surface area contributed by atoms with Crippen molar-refractivity contribution in [1.29, 1.82) is 0 Å². The third-order valence-corrected chi connectivity index (χ3v) is 3.42. The number of aromatic carboxylic acids is 1. The first-order valence-corrected chi connectivity index (χ1v) is 6.29. The van der Waals surface area contributed by atoms with E-state index in [1.54, 1.807) is 18.3 Å². The lowest BCUT2D eigenvalue weighted by molar-refractivity contribution is -0.119. The first-order valence-electron chi connectivity index (χ1n) is 6.29. The highest BCUT2D eigenvalue weighted by atomic mass is 16.4. The maximum absolute atomic E-state index is 11.1. The van der Waals surface area contributed by atoms with Crippen LogP contribution in [-0.4, -0.2) is 35.1 Å². The van der Waals surface area contributed by atoms with Crippen molar-refractivity contribution >= 4 is 17.7 Å². The largest absolute Gasteiger partial charge is 0.478 e. The fourth-order valence-electron chi connectivity index (χ4n) is 2.45. The van der Waals surface area contributed by atoms with Gasteiger partial charge < -0.3 is 15.7 Å². The van der Waals surface area contributed by atoms with Gasteiger partial charge in [0.25, 0.3) is 0 Å². The Morgan fingerprint density at radius 2 is 2.11 bits per heavy atom. The van der Waals surface area contributed by atoms with Crippen LogP contribution in [0.5, 0.6) is 0 Å². The highest BCUT2D eigenvalue weighted by molar-refractivity contribution is 5.93. The average molecular weight is 263 g/mol. The number of aromatic nitrogens is 1. The van der Waals surface area contributed by atoms with Crippen LogP contribution < -0.4 is 10.6 Å². The second-order valence-corrected chi connectivity index (χ2v) is 4.78. The Balaban J connectivity index is 2.05. The van der Waals surface area contributed by atoms with Crippen molar-refractivity contribution in [2.75, 3.05) is 18.0 Å². The number of nitrogens with zero attached hydrogens (tertiary/aromatic N) is 2. The number of carboxylic acid groups (broad SMARTS) is 1. The van der Waals surface area contributed by atoms with Gasteiger partial charge in [-0.3, -0.25) is 4.79 Å². The van der Waals surface area contributed by atoms with Gasteiger partial charge in [0.1, 0.15) is 11.4 Å². The van der Waals surface area contributed by atoms with Crippen LogP contribution in [0.3, 0.4) is 0 Å². The highest BCUT2D eigenvalue weighted by Gasteiger charge is 2.24. The van der Waals surface area contributed by atoms with Gasteiger partial charge in [0.15, 0.2) is 0 Å². The van der Waals surface area contributed by atoms with Crippen LogP contribution in [0.4, 0.5) is 5.82 Å². The molecule has 2 heterocycles. The van der Waals surface area contributed by atoms with E-state index in [1.165, 1.54) is 0 Å². The number of carbonyl (C=O) groups is 2. The minimum Gasteiger partial charge on any atom is -0.478 e. The van der Waals surface area contributed by atoms with Crippen molar-refractivity contribution in [3.05, 3.63) is 23.9 Å². The molecule has 6 nitrogen and oxygen atoms in total. The lowest BCUT2D eigenvalue weighted by atomic mass is 9.93. The Hall–Kier alpha value is -2.11. The van der Waals surface area contributed by atoms with Gasteiger partial charge in [-0.05, 0) is 30.9 Å². The molecule has 1 aromatic rings. The number of nitrogens with two attached hydrogens (primary N) is 1. The number of rotatable bonds is 4. The molecule has 0 bridgehead atoms. The molecule has 1 aliphatic heterocycles. The van der Waals surface area contributed by atoms with Crippen molar-refractivity contribution in [3.8, 4) is 0 Å². The van der Waals surface area contributed by atoms with Crippen LogP contribution in [-0.2, 0) is 4.79 Å². The summed E-state index contributed by atoms with van der Waals surface area (Å²) in [4.78, 5) is 28.1. The zero-order valence-corrected chi connectivity index (χ0v) is 10.6. The van der Waals surface area contributed by atoms with Gasteiger partial charge in [-0.2, -0.15) is 0 Å². The van der Waals surface area contributed by atoms with Crippen molar-refractivity contribution in [2.45, 2.75) is 19.3 Å². The van der Waals surface area contributed by atoms with Crippen LogP contribution in [0.2, 0.25) is 0 Å². The minimum atomic E-state index is -0.970. The first-order chi connectivity index (χ1) is 9.08. The summed E-state index contributed by atoms with van der Waals surface area (Å²) in [5, 5.41) is 9.14. The lowest BCUT2D eigenvalue weighted by Gasteiger charge is -2.32. The normalized spacial score (nSPS) is 16.3. The third kappa shape index (κ3) is 3.21. The third-order valence-electron chi connectivity index (χ3n) is 3.42. The van der Waals surface area contributed by atoms with E-state index in [2.05, 4.69) is 4.98 Å². The van der Waals surface area contributed by atoms with E-state index in [9.17, 15) is 9.59 Å². The summed E-state index contributed by atoms with van der Waals surface area (Å²) in [6.07, 6.45) is 3.66. The number of piperidine rings is 1. The molecular formula is C13H17N3O3. The summed E-state index contributed by atoms with van der Waals surface area (Å²) in [7, 11) is 0. The predicted octanol–water partition coefficient (Wildman–Crippen LogP) is 0.872. The summed E-state index contributed by atoms with van der Waals surface area (Å²) in [6.45, 7) is 1.41. The second kappa shape index (κ2) is 5.69. The molecular weight excluding hydrogens is 246 g/mol. The standard InChI is InChI=1S/C13H17N3O3/c14-11(17)8-9-3-6-16(7-4-9)12-10(13(18)19)2-1-5-15-12/h1-2,5,9H,3-4,6-8H2,(H2,14,17)(H,18,19). The van der Waals surface area contributed by atoms with Crippen molar-refractivity contribution in [3.63, 3.8) is 0 Å². The fourth-order valence-corrected chi connectivity index (χ4v) is 2.45. The molecule has 1 amide bonds. The Kier molecular flexibility index (Phi) is 3.99. The minimum absolute atomic E-state index is 0.218. The van der Waals surface area contributed by atoms with Gasteiger partial charge in [-0.25, -0.2) is 9.78 Å². The van der Waals surface area contributed by atoms with Crippen molar-refractivity contribution in [1.82, 2.24) is 4.98 Å². The zero-order valence-electron chi connectivity index (χ0n) is 10.6. The quantitative estimate of drug-likeness (QED) is 0.840. The van der Waals surface area contributed by atoms with Crippen LogP contribution in [0, 0.1) is 5.92 Å². The van der Waals surface area contributed by atoms with E-state index in [-0.39, 0.29) is 11.5 Å². The van der Waals surface area contributed by atoms with Gasteiger partial charge in [0.2, 0.25) is 5.91 Å². The summed E-state index contributed by atoms with van der Waals surface area (Å²) in [6, 6.07) is 3.17. The Morgan fingerprint density at radius 1 is 1.42 bits per heavy atom. The molecule has 1 fully saturated rings. The van der Waals surface area contributed by atoms with E-state index >= 15 is 0 Å². The number of carbonyl (C=O) groups excluding carboxylic acids is 1. The fraction of sp³-hybridized carbons (Fsp3) is 0.462. The maximum atomic E-state index is 11.1. The molecule has 0 aliphatic carbocycles. The monoisotopic (exact) mass is 263 g/mol. The van der Waals surface area contributed by atoms with Crippen molar-refractivity contribution < 1.29 is 14.7 Å². The molecule has 1 saturated heterocycles. The number of primary amides is 1. The number of pyridine rings is 1. The molecule has 0 unspecified atom stereocenters. The summed E-state index contributed by atoms with van der Waals surface area (Å²) in [5.74, 6) is -0.442. The Labute approximate surface area is 111 Å². The summed E-state index contributed by atoms with van der Waals surface area (Å²) < 4.78 is 0. The number of hydrogen-bond donors (Lipinski definition) is 2. The summed E-state index contributed by atoms with van der Waals surface area (Å²) in [5.41, 5.74) is 5.41. The molecule has 1 aromatic heterocycles. The predicted molar refractivity (Wildman–Crippen MR) is 69.9 cm³/mol. The zero-order chi connectivity index (χ0) is 13.8. The van der Waals surface area contributed by atoms with E-state index in [1.807, 2.05) is 4.90 Å². The van der Waals surface area contributed by atoms with Gasteiger partial charge >= 0.3 is 5.97 Å². The molecule has 2 rings (SSSR count). The topological polar surface area (TPSA) is 96.5 Å². The smallest absolute Gasteiger partial charge is 0.339 e. The molecule has 0 spiro atoms. The van der Waals surface area contributed by atoms with E-state index in [0.29, 0.717) is 31.2 Å². The van der Waals surface area contributed by atoms with Crippen molar-refractivity contribution in [2.24, 2.45) is 11.7 Å². The Morgan fingerprint density at radius 3 is 2.68 bits per heavy atom. The molecule has 3 N–H and O–H groups in total. The van der Waals surface area contributed by atoms with Gasteiger partial charge in [-0.15, -0.1) is 0 Å². The molecule has 19 heavy (non-hydrogen) atoms. The van der Waals surface area contributed by atoms with E-state index in [0.717, 1.165) is 12.8 Å². The molecule has 0 aromatic carbocycles. The number of anilines is 1. The van der Waals surface area contributed by atoms with Crippen LogP contribution >= 0.6 is 0 Å².